The Morgan fingerprint density at radius 1 is 1.44 bits per heavy atom. The Morgan fingerprint density at radius 3 is 2.81 bits per heavy atom. The molecule has 0 aromatic heterocycles. The molecule has 2 N–H and O–H groups in total. The SMILES string of the molecule is C=CCc1cc(/C=C(\C#N)C(=O)N[C@@H]2CCCC[C@H]2C)cc(OCC)c1O. The number of carbonyl (C=O) groups is 1. The highest BCUT2D eigenvalue weighted by Gasteiger charge is 2.24. The number of nitriles is 1. The molecular weight excluding hydrogens is 340 g/mol. The van der Waals surface area contributed by atoms with Gasteiger partial charge in [0.15, 0.2) is 11.5 Å². The van der Waals surface area contributed by atoms with Crippen LogP contribution in [0.15, 0.2) is 30.4 Å². The molecule has 5 nitrogen and oxygen atoms in total. The number of ether oxygens (including phenoxy) is 1. The van der Waals surface area contributed by atoms with Crippen LogP contribution in [0.25, 0.3) is 6.08 Å². The summed E-state index contributed by atoms with van der Waals surface area (Å²) in [5.74, 6) is 0.460. The van der Waals surface area contributed by atoms with Crippen molar-refractivity contribution in [3.8, 4) is 17.6 Å². The Bertz CT molecular complexity index is 762. The first kappa shape index (κ1) is 20.6. The molecule has 1 aliphatic rings. The van der Waals surface area contributed by atoms with E-state index in [-0.39, 0.29) is 23.3 Å². The van der Waals surface area contributed by atoms with Gasteiger partial charge in [0, 0.05) is 11.6 Å². The van der Waals surface area contributed by atoms with Crippen molar-refractivity contribution in [3.63, 3.8) is 0 Å². The first-order valence-electron chi connectivity index (χ1n) is 9.52. The molecule has 5 heteroatoms. The lowest BCUT2D eigenvalue weighted by Gasteiger charge is -2.29. The largest absolute Gasteiger partial charge is 0.504 e. The number of allylic oxidation sites excluding steroid dienone is 1. The molecule has 0 bridgehead atoms. The number of aromatic hydroxyl groups is 1. The monoisotopic (exact) mass is 368 g/mol. The molecule has 0 aliphatic heterocycles. The summed E-state index contributed by atoms with van der Waals surface area (Å²) in [6.45, 7) is 8.06. The van der Waals surface area contributed by atoms with Crippen LogP contribution in [0.1, 0.15) is 50.7 Å². The highest BCUT2D eigenvalue weighted by Crippen LogP contribution is 2.33. The minimum atomic E-state index is -0.354. The van der Waals surface area contributed by atoms with Gasteiger partial charge in [-0.05, 0) is 55.9 Å². The van der Waals surface area contributed by atoms with E-state index in [1.165, 1.54) is 12.5 Å². The maximum atomic E-state index is 12.6. The van der Waals surface area contributed by atoms with Crippen LogP contribution in [-0.4, -0.2) is 23.7 Å². The molecule has 1 aromatic carbocycles. The van der Waals surface area contributed by atoms with Crippen molar-refractivity contribution in [3.05, 3.63) is 41.5 Å². The van der Waals surface area contributed by atoms with E-state index in [1.807, 2.05) is 13.0 Å². The summed E-state index contributed by atoms with van der Waals surface area (Å²) in [7, 11) is 0. The molecule has 2 rings (SSSR count). The number of benzene rings is 1. The van der Waals surface area contributed by atoms with Gasteiger partial charge >= 0.3 is 0 Å². The summed E-state index contributed by atoms with van der Waals surface area (Å²) in [5.41, 5.74) is 1.32. The molecule has 1 aliphatic carbocycles. The summed E-state index contributed by atoms with van der Waals surface area (Å²) in [6, 6.07) is 5.49. The van der Waals surface area contributed by atoms with Gasteiger partial charge in [0.25, 0.3) is 5.91 Å². The number of nitrogens with zero attached hydrogens (tertiary/aromatic N) is 1. The van der Waals surface area contributed by atoms with Crippen LogP contribution in [0.3, 0.4) is 0 Å². The second-order valence-electron chi connectivity index (χ2n) is 6.96. The van der Waals surface area contributed by atoms with Crippen molar-refractivity contribution in [1.82, 2.24) is 5.32 Å². The number of phenolic OH excluding ortho intramolecular Hbond substituents is 1. The second kappa shape index (κ2) is 9.82. The van der Waals surface area contributed by atoms with Crippen LogP contribution < -0.4 is 10.1 Å². The van der Waals surface area contributed by atoms with Gasteiger partial charge in [-0.3, -0.25) is 4.79 Å². The summed E-state index contributed by atoms with van der Waals surface area (Å²) >= 11 is 0. The third kappa shape index (κ3) is 5.37. The van der Waals surface area contributed by atoms with Crippen LogP contribution in [-0.2, 0) is 11.2 Å². The van der Waals surface area contributed by atoms with E-state index in [1.54, 1.807) is 18.2 Å². The molecular formula is C22H28N2O3. The summed E-state index contributed by atoms with van der Waals surface area (Å²) in [4.78, 5) is 12.6. The predicted octanol–water partition coefficient (Wildman–Crippen LogP) is 4.12. The van der Waals surface area contributed by atoms with E-state index in [0.29, 0.717) is 35.8 Å². The predicted molar refractivity (Wildman–Crippen MR) is 106 cm³/mol. The molecule has 144 valence electrons. The maximum Gasteiger partial charge on any atom is 0.262 e. The standard InChI is InChI=1S/C22H28N2O3/c1-4-8-17-11-16(13-20(21(17)25)27-5-2)12-18(14-23)22(26)24-19-10-7-6-9-15(19)3/h4,11-13,15,19,25H,1,5-10H2,2-3H3,(H,24,26)/b18-12+/t15-,19-/m1/s1. The van der Waals surface area contributed by atoms with Gasteiger partial charge in [-0.15, -0.1) is 6.58 Å². The van der Waals surface area contributed by atoms with Gasteiger partial charge in [-0.2, -0.15) is 5.26 Å². The molecule has 0 spiro atoms. The third-order valence-corrected chi connectivity index (χ3v) is 4.94. The zero-order valence-electron chi connectivity index (χ0n) is 16.1. The topological polar surface area (TPSA) is 82.4 Å². The van der Waals surface area contributed by atoms with Crippen molar-refractivity contribution >= 4 is 12.0 Å². The van der Waals surface area contributed by atoms with E-state index >= 15 is 0 Å². The van der Waals surface area contributed by atoms with Crippen molar-refractivity contribution in [2.45, 2.75) is 52.0 Å². The lowest BCUT2D eigenvalue weighted by Crippen LogP contribution is -2.41. The van der Waals surface area contributed by atoms with Gasteiger partial charge in [0.05, 0.1) is 6.61 Å². The quantitative estimate of drug-likeness (QED) is 0.431. The van der Waals surface area contributed by atoms with E-state index in [4.69, 9.17) is 4.74 Å². The van der Waals surface area contributed by atoms with Gasteiger partial charge in [0.1, 0.15) is 11.6 Å². The Balaban J connectivity index is 2.28. The Morgan fingerprint density at radius 2 is 2.19 bits per heavy atom. The smallest absolute Gasteiger partial charge is 0.262 e. The lowest BCUT2D eigenvalue weighted by molar-refractivity contribution is -0.118. The van der Waals surface area contributed by atoms with Crippen molar-refractivity contribution in [2.75, 3.05) is 6.61 Å². The van der Waals surface area contributed by atoms with Gasteiger partial charge in [-0.25, -0.2) is 0 Å². The zero-order chi connectivity index (χ0) is 19.8. The third-order valence-electron chi connectivity index (χ3n) is 4.94. The molecule has 1 fully saturated rings. The highest BCUT2D eigenvalue weighted by atomic mass is 16.5. The maximum absolute atomic E-state index is 12.6. The van der Waals surface area contributed by atoms with Crippen LogP contribution in [0.5, 0.6) is 11.5 Å². The molecule has 1 aromatic rings. The first-order valence-corrected chi connectivity index (χ1v) is 9.52. The second-order valence-corrected chi connectivity index (χ2v) is 6.96. The Kier molecular flexibility index (Phi) is 7.48. The number of phenols is 1. The van der Waals surface area contributed by atoms with Gasteiger partial charge in [-0.1, -0.05) is 25.8 Å². The highest BCUT2D eigenvalue weighted by molar-refractivity contribution is 6.01. The number of hydrogen-bond acceptors (Lipinski definition) is 4. The number of hydrogen-bond donors (Lipinski definition) is 2. The number of carbonyl (C=O) groups excluding carboxylic acids is 1. The van der Waals surface area contributed by atoms with Crippen molar-refractivity contribution in [2.24, 2.45) is 5.92 Å². The van der Waals surface area contributed by atoms with Crippen LogP contribution in [0.2, 0.25) is 0 Å². The van der Waals surface area contributed by atoms with Crippen LogP contribution in [0, 0.1) is 17.2 Å². The average molecular weight is 368 g/mol. The summed E-state index contributed by atoms with van der Waals surface area (Å²) in [5, 5.41) is 22.8. The fourth-order valence-electron chi connectivity index (χ4n) is 3.44. The van der Waals surface area contributed by atoms with E-state index < -0.39 is 0 Å². The minimum Gasteiger partial charge on any atom is -0.504 e. The van der Waals surface area contributed by atoms with Crippen molar-refractivity contribution < 1.29 is 14.6 Å². The number of rotatable bonds is 7. The Hall–Kier alpha value is -2.74. The first-order chi connectivity index (χ1) is 13.0. The summed E-state index contributed by atoms with van der Waals surface area (Å²) in [6.07, 6.45) is 8.01. The molecule has 0 radical (unpaired) electrons. The molecule has 1 amide bonds. The number of amides is 1. The zero-order valence-corrected chi connectivity index (χ0v) is 16.1. The fourth-order valence-corrected chi connectivity index (χ4v) is 3.44. The molecule has 0 heterocycles. The molecule has 0 saturated heterocycles. The van der Waals surface area contributed by atoms with Crippen LogP contribution in [0.4, 0.5) is 0 Å². The summed E-state index contributed by atoms with van der Waals surface area (Å²) < 4.78 is 5.48. The van der Waals surface area contributed by atoms with E-state index in [9.17, 15) is 15.2 Å². The van der Waals surface area contributed by atoms with Gasteiger partial charge in [0.2, 0.25) is 0 Å². The molecule has 27 heavy (non-hydrogen) atoms. The van der Waals surface area contributed by atoms with Gasteiger partial charge < -0.3 is 15.2 Å². The average Bonchev–Trinajstić information content (AvgIpc) is 2.65. The molecule has 1 saturated carbocycles. The van der Waals surface area contributed by atoms with E-state index in [0.717, 1.165) is 19.3 Å². The number of nitrogens with one attached hydrogen (secondary N) is 1. The van der Waals surface area contributed by atoms with Crippen molar-refractivity contribution in [1.29, 1.82) is 5.26 Å². The lowest BCUT2D eigenvalue weighted by atomic mass is 9.86. The normalized spacial score (nSPS) is 19.8. The molecule has 2 atom stereocenters. The molecule has 0 unspecified atom stereocenters. The Labute approximate surface area is 161 Å². The van der Waals surface area contributed by atoms with Crippen LogP contribution >= 0.6 is 0 Å². The van der Waals surface area contributed by atoms with E-state index in [2.05, 4.69) is 18.8 Å². The fraction of sp³-hybridized carbons (Fsp3) is 0.455. The minimum absolute atomic E-state index is 0.0467.